The summed E-state index contributed by atoms with van der Waals surface area (Å²) in [5, 5.41) is 13.5. The summed E-state index contributed by atoms with van der Waals surface area (Å²) in [6.45, 7) is 0.540. The highest BCUT2D eigenvalue weighted by Crippen LogP contribution is 2.28. The third-order valence-electron chi connectivity index (χ3n) is 1.97. The van der Waals surface area contributed by atoms with E-state index in [4.69, 9.17) is 5.11 Å². The van der Waals surface area contributed by atoms with Crippen molar-refractivity contribution >= 4 is 12.0 Å². The fraction of sp³-hybridized carbons (Fsp3) is 0.778. The Morgan fingerprint density at radius 1 is 1.27 bits per heavy atom. The van der Waals surface area contributed by atoms with Crippen molar-refractivity contribution < 1.29 is 19.4 Å². The highest BCUT2D eigenvalue weighted by Gasteiger charge is 2.28. The Morgan fingerprint density at radius 2 is 1.93 bits per heavy atom. The molecule has 0 heterocycles. The standard InChI is InChI=1S/C9H16N2O4/c12-5-6-15-9(14)11-4-3-10-8(13)7-1-2-7/h7,12H,1-6H2,(H,10,13)(H,11,14). The molecule has 6 heteroatoms. The van der Waals surface area contributed by atoms with Gasteiger partial charge in [-0.2, -0.15) is 0 Å². The zero-order valence-electron chi connectivity index (χ0n) is 8.49. The maximum absolute atomic E-state index is 11.1. The molecule has 0 aromatic heterocycles. The van der Waals surface area contributed by atoms with E-state index in [-0.39, 0.29) is 25.0 Å². The molecule has 0 spiro atoms. The number of rotatable bonds is 6. The van der Waals surface area contributed by atoms with Gasteiger partial charge in [0.25, 0.3) is 0 Å². The van der Waals surface area contributed by atoms with Gasteiger partial charge in [-0.25, -0.2) is 4.79 Å². The second-order valence-corrected chi connectivity index (χ2v) is 3.35. The highest BCUT2D eigenvalue weighted by molar-refractivity contribution is 5.80. The Morgan fingerprint density at radius 3 is 2.53 bits per heavy atom. The number of carbonyl (C=O) groups excluding carboxylic acids is 2. The third-order valence-corrected chi connectivity index (χ3v) is 1.97. The largest absolute Gasteiger partial charge is 0.447 e. The van der Waals surface area contributed by atoms with E-state index in [9.17, 15) is 9.59 Å². The summed E-state index contributed by atoms with van der Waals surface area (Å²) in [5.41, 5.74) is 0. The number of nitrogens with one attached hydrogen (secondary N) is 2. The van der Waals surface area contributed by atoms with Gasteiger partial charge in [0.05, 0.1) is 6.61 Å². The van der Waals surface area contributed by atoms with E-state index in [2.05, 4.69) is 15.4 Å². The lowest BCUT2D eigenvalue weighted by molar-refractivity contribution is -0.122. The molecule has 1 fully saturated rings. The van der Waals surface area contributed by atoms with Gasteiger partial charge in [-0.15, -0.1) is 0 Å². The Kier molecular flexibility index (Phi) is 4.89. The first-order chi connectivity index (χ1) is 7.24. The predicted octanol–water partition coefficient (Wildman–Crippen LogP) is -0.769. The lowest BCUT2D eigenvalue weighted by Crippen LogP contribution is -2.35. The molecule has 0 unspecified atom stereocenters. The van der Waals surface area contributed by atoms with E-state index < -0.39 is 6.09 Å². The number of amides is 2. The summed E-state index contributed by atoms with van der Waals surface area (Å²) in [6.07, 6.45) is 1.36. The van der Waals surface area contributed by atoms with Crippen molar-refractivity contribution in [2.45, 2.75) is 12.8 Å². The molecule has 6 nitrogen and oxygen atoms in total. The van der Waals surface area contributed by atoms with Crippen molar-refractivity contribution in [1.82, 2.24) is 10.6 Å². The summed E-state index contributed by atoms with van der Waals surface area (Å²) in [6, 6.07) is 0. The van der Waals surface area contributed by atoms with Gasteiger partial charge in [-0.05, 0) is 12.8 Å². The Labute approximate surface area is 88.0 Å². The molecular formula is C9H16N2O4. The maximum atomic E-state index is 11.1. The number of alkyl carbamates (subject to hydrolysis) is 1. The number of hydrogen-bond donors (Lipinski definition) is 3. The highest BCUT2D eigenvalue weighted by atomic mass is 16.6. The minimum absolute atomic E-state index is 0.0136. The van der Waals surface area contributed by atoms with Crippen LogP contribution in [0.15, 0.2) is 0 Å². The fourth-order valence-electron chi connectivity index (χ4n) is 1.03. The van der Waals surface area contributed by atoms with E-state index in [1.54, 1.807) is 0 Å². The van der Waals surface area contributed by atoms with E-state index in [0.29, 0.717) is 13.1 Å². The normalized spacial score (nSPS) is 14.5. The average Bonchev–Trinajstić information content (AvgIpc) is 3.04. The van der Waals surface area contributed by atoms with E-state index in [1.165, 1.54) is 0 Å². The van der Waals surface area contributed by atoms with Crippen LogP contribution in [-0.2, 0) is 9.53 Å². The van der Waals surface area contributed by atoms with Crippen molar-refractivity contribution in [3.05, 3.63) is 0 Å². The van der Waals surface area contributed by atoms with Crippen LogP contribution >= 0.6 is 0 Å². The van der Waals surface area contributed by atoms with Gasteiger partial charge >= 0.3 is 6.09 Å². The van der Waals surface area contributed by atoms with Crippen LogP contribution in [0.4, 0.5) is 4.79 Å². The SMILES string of the molecule is O=C(NCCNC(=O)C1CC1)OCCO. The van der Waals surface area contributed by atoms with Gasteiger partial charge in [-0.3, -0.25) is 4.79 Å². The van der Waals surface area contributed by atoms with Gasteiger partial charge in [0.15, 0.2) is 0 Å². The van der Waals surface area contributed by atoms with Crippen LogP contribution in [0.25, 0.3) is 0 Å². The third kappa shape index (κ3) is 5.21. The van der Waals surface area contributed by atoms with Crippen molar-refractivity contribution in [3.8, 4) is 0 Å². The van der Waals surface area contributed by atoms with Gasteiger partial charge < -0.3 is 20.5 Å². The number of ether oxygens (including phenoxy) is 1. The first-order valence-electron chi connectivity index (χ1n) is 5.03. The Balaban J connectivity index is 1.91. The average molecular weight is 216 g/mol. The van der Waals surface area contributed by atoms with Crippen molar-refractivity contribution in [3.63, 3.8) is 0 Å². The number of hydrogen-bond acceptors (Lipinski definition) is 4. The van der Waals surface area contributed by atoms with Crippen LogP contribution in [0.1, 0.15) is 12.8 Å². The minimum atomic E-state index is -0.579. The maximum Gasteiger partial charge on any atom is 0.407 e. The molecule has 2 amide bonds. The summed E-state index contributed by atoms with van der Waals surface area (Å²) < 4.78 is 4.55. The Bertz CT molecular complexity index is 228. The second-order valence-electron chi connectivity index (χ2n) is 3.35. The van der Waals surface area contributed by atoms with Crippen molar-refractivity contribution in [2.75, 3.05) is 26.3 Å². The number of carbonyl (C=O) groups is 2. The molecule has 0 saturated heterocycles. The van der Waals surface area contributed by atoms with Crippen LogP contribution < -0.4 is 10.6 Å². The van der Waals surface area contributed by atoms with Crippen molar-refractivity contribution in [1.29, 1.82) is 0 Å². The number of aliphatic hydroxyl groups is 1. The summed E-state index contributed by atoms with van der Waals surface area (Å²) in [7, 11) is 0. The molecule has 0 aromatic rings. The van der Waals surface area contributed by atoms with E-state index in [0.717, 1.165) is 12.8 Å². The summed E-state index contributed by atoms with van der Waals surface area (Å²) in [4.78, 5) is 22.0. The zero-order chi connectivity index (χ0) is 11.1. The van der Waals surface area contributed by atoms with Gasteiger partial charge in [0.1, 0.15) is 6.61 Å². The molecule has 86 valence electrons. The lowest BCUT2D eigenvalue weighted by atomic mass is 10.4. The monoisotopic (exact) mass is 216 g/mol. The smallest absolute Gasteiger partial charge is 0.407 e. The molecule has 3 N–H and O–H groups in total. The topological polar surface area (TPSA) is 87.7 Å². The first kappa shape index (κ1) is 11.8. The molecule has 0 radical (unpaired) electrons. The molecular weight excluding hydrogens is 200 g/mol. The van der Waals surface area contributed by atoms with Crippen LogP contribution in [0.2, 0.25) is 0 Å². The van der Waals surface area contributed by atoms with E-state index in [1.807, 2.05) is 0 Å². The second kappa shape index (κ2) is 6.23. The zero-order valence-corrected chi connectivity index (χ0v) is 8.49. The summed E-state index contributed by atoms with van der Waals surface area (Å²) in [5.74, 6) is 0.242. The fourth-order valence-corrected chi connectivity index (χ4v) is 1.03. The van der Waals surface area contributed by atoms with Crippen LogP contribution in [0.3, 0.4) is 0 Å². The molecule has 1 rings (SSSR count). The van der Waals surface area contributed by atoms with Crippen LogP contribution in [0, 0.1) is 5.92 Å². The minimum Gasteiger partial charge on any atom is -0.447 e. The molecule has 0 bridgehead atoms. The van der Waals surface area contributed by atoms with Gasteiger partial charge in [-0.1, -0.05) is 0 Å². The van der Waals surface area contributed by atoms with E-state index >= 15 is 0 Å². The van der Waals surface area contributed by atoms with Crippen LogP contribution in [0.5, 0.6) is 0 Å². The molecule has 0 aromatic carbocycles. The van der Waals surface area contributed by atoms with Gasteiger partial charge in [0.2, 0.25) is 5.91 Å². The molecule has 15 heavy (non-hydrogen) atoms. The molecule has 1 aliphatic rings. The Hall–Kier alpha value is -1.30. The molecule has 1 saturated carbocycles. The quantitative estimate of drug-likeness (QED) is 0.509. The van der Waals surface area contributed by atoms with Crippen molar-refractivity contribution in [2.24, 2.45) is 5.92 Å². The lowest BCUT2D eigenvalue weighted by Gasteiger charge is -2.06. The molecule has 1 aliphatic carbocycles. The first-order valence-corrected chi connectivity index (χ1v) is 5.03. The number of aliphatic hydroxyl groups excluding tert-OH is 1. The molecule has 0 atom stereocenters. The van der Waals surface area contributed by atoms with Crippen LogP contribution in [-0.4, -0.2) is 43.4 Å². The predicted molar refractivity (Wildman–Crippen MR) is 52.2 cm³/mol. The summed E-state index contributed by atoms with van der Waals surface area (Å²) >= 11 is 0. The van der Waals surface area contributed by atoms with Gasteiger partial charge in [0, 0.05) is 19.0 Å². The molecule has 0 aliphatic heterocycles.